The number of hydrogen-bond donors (Lipinski definition) is 2. The number of carbonyl (C=O) groups is 3. The lowest BCUT2D eigenvalue weighted by molar-refractivity contribution is -0.157. The first kappa shape index (κ1) is 23.7. The van der Waals surface area contributed by atoms with E-state index in [4.69, 9.17) is 16.6 Å². The van der Waals surface area contributed by atoms with Gasteiger partial charge in [0, 0.05) is 0 Å². The first-order chi connectivity index (χ1) is 15.1. The topological polar surface area (TPSA) is 125 Å². The molecule has 0 saturated carbocycles. The first-order valence-electron chi connectivity index (χ1n) is 9.82. The minimum Gasteiger partial charge on any atom is -0.481 e. The summed E-state index contributed by atoms with van der Waals surface area (Å²) in [7, 11) is 0. The number of thioether (sulfide) groups is 1. The summed E-state index contributed by atoms with van der Waals surface area (Å²) >= 11 is 6.17. The van der Waals surface area contributed by atoms with Crippen LogP contribution >= 0.6 is 24.0 Å². The molecule has 0 aliphatic carbocycles. The molecule has 1 aromatic carbocycles. The van der Waals surface area contributed by atoms with Crippen molar-refractivity contribution in [3.05, 3.63) is 50.2 Å². The molecule has 1 saturated heterocycles. The molecule has 0 spiro atoms. The van der Waals surface area contributed by atoms with E-state index in [1.807, 2.05) is 19.9 Å². The van der Waals surface area contributed by atoms with Gasteiger partial charge in [-0.2, -0.15) is 0 Å². The summed E-state index contributed by atoms with van der Waals surface area (Å²) in [6.45, 7) is 5.45. The highest BCUT2D eigenvalue weighted by atomic mass is 32.2. The van der Waals surface area contributed by atoms with E-state index < -0.39 is 29.8 Å². The zero-order valence-electron chi connectivity index (χ0n) is 17.6. The molecule has 1 aliphatic rings. The van der Waals surface area contributed by atoms with E-state index in [2.05, 4.69) is 0 Å². The van der Waals surface area contributed by atoms with E-state index >= 15 is 0 Å². The summed E-state index contributed by atoms with van der Waals surface area (Å²) in [5, 5.41) is 19.2. The van der Waals surface area contributed by atoms with Crippen molar-refractivity contribution < 1.29 is 29.0 Å². The Hall–Kier alpha value is -2.98. The fourth-order valence-corrected chi connectivity index (χ4v) is 5.16. The zero-order valence-corrected chi connectivity index (χ0v) is 19.2. The number of aliphatic carboxylic acids is 2. The first-order valence-corrected chi connectivity index (χ1v) is 11.0. The highest BCUT2D eigenvalue weighted by Crippen LogP contribution is 2.36. The number of carbonyl (C=O) groups excluding carboxylic acids is 1. The number of carboxylic acid groups (broad SMARTS) is 2. The Balaban J connectivity index is 2.05. The molecule has 1 unspecified atom stereocenters. The van der Waals surface area contributed by atoms with E-state index in [0.29, 0.717) is 17.4 Å². The van der Waals surface area contributed by atoms with Crippen molar-refractivity contribution >= 4 is 63.2 Å². The van der Waals surface area contributed by atoms with E-state index in [0.717, 1.165) is 27.8 Å². The quantitative estimate of drug-likeness (QED) is 0.351. The Morgan fingerprint density at radius 1 is 1.22 bits per heavy atom. The smallest absolute Gasteiger partial charge is 0.320 e. The van der Waals surface area contributed by atoms with E-state index in [1.54, 1.807) is 13.0 Å². The molecule has 0 radical (unpaired) electrons. The Morgan fingerprint density at radius 2 is 1.88 bits per heavy atom. The number of aryl methyl sites for hydroxylation is 2. The number of rotatable bonds is 7. The van der Waals surface area contributed by atoms with Crippen LogP contribution in [0, 0.1) is 19.8 Å². The number of carboxylic acids is 2. The minimum absolute atomic E-state index is 0.0454. The highest BCUT2D eigenvalue weighted by molar-refractivity contribution is 8.26. The predicted octanol–water partition coefficient (Wildman–Crippen LogP) is 3.57. The van der Waals surface area contributed by atoms with Crippen LogP contribution in [-0.2, 0) is 14.4 Å². The van der Waals surface area contributed by atoms with Gasteiger partial charge in [0.05, 0.1) is 21.9 Å². The van der Waals surface area contributed by atoms with Gasteiger partial charge in [-0.05, 0) is 43.5 Å². The fourth-order valence-electron chi connectivity index (χ4n) is 3.79. The van der Waals surface area contributed by atoms with Crippen LogP contribution in [0.15, 0.2) is 32.5 Å². The average molecular weight is 476 g/mol. The van der Waals surface area contributed by atoms with E-state index in [-0.39, 0.29) is 26.6 Å². The molecule has 8 nitrogen and oxygen atoms in total. The maximum Gasteiger partial charge on any atom is 0.320 e. The number of thiocarbonyl (C=S) groups is 1. The second kappa shape index (κ2) is 9.25. The zero-order chi connectivity index (χ0) is 23.7. The summed E-state index contributed by atoms with van der Waals surface area (Å²) < 4.78 is 5.67. The van der Waals surface area contributed by atoms with Crippen LogP contribution in [0.2, 0.25) is 0 Å². The Bertz CT molecular complexity index is 1220. The third-order valence-corrected chi connectivity index (χ3v) is 6.50. The number of amides is 1. The highest BCUT2D eigenvalue weighted by Gasteiger charge is 2.45. The second-order valence-electron chi connectivity index (χ2n) is 7.54. The lowest BCUT2D eigenvalue weighted by Crippen LogP contribution is -2.48. The molecular weight excluding hydrogens is 454 g/mol. The monoisotopic (exact) mass is 475 g/mol. The standard InChI is InChI=1S/C22H21NO7S2/c1-4-5-14(16(20(26)27)21(28)29)23-19(25)15(32-22(23)31)8-12-9-30-18-11(3)6-10(2)7-13(18)17(12)24/h6-9,14,16H,4-5H2,1-3H3,(H,26,27)(H,28,29). The summed E-state index contributed by atoms with van der Waals surface area (Å²) in [4.78, 5) is 50.4. The fraction of sp³-hybridized carbons (Fsp3) is 0.318. The molecule has 2 aromatic rings. The molecule has 168 valence electrons. The Kier molecular flexibility index (Phi) is 6.85. The van der Waals surface area contributed by atoms with Crippen molar-refractivity contribution in [3.63, 3.8) is 0 Å². The van der Waals surface area contributed by atoms with Gasteiger partial charge in [0.25, 0.3) is 5.91 Å². The third kappa shape index (κ3) is 4.33. The SMILES string of the molecule is CCCC(C(C(=O)O)C(=O)O)N1C(=O)C(=Cc2coc3c(C)cc(C)cc3c2=O)SC1=S. The van der Waals surface area contributed by atoms with Crippen molar-refractivity contribution in [2.75, 3.05) is 0 Å². The molecule has 1 fully saturated rings. The molecular formula is C22H21NO7S2. The Labute approximate surface area is 192 Å². The van der Waals surface area contributed by atoms with Crippen LogP contribution in [-0.4, -0.2) is 43.3 Å². The van der Waals surface area contributed by atoms with Crippen molar-refractivity contribution in [1.82, 2.24) is 4.90 Å². The van der Waals surface area contributed by atoms with Gasteiger partial charge >= 0.3 is 11.9 Å². The normalized spacial score (nSPS) is 16.4. The van der Waals surface area contributed by atoms with Gasteiger partial charge in [0.15, 0.2) is 11.3 Å². The maximum atomic E-state index is 13.1. The van der Waals surface area contributed by atoms with Crippen LogP contribution in [0.3, 0.4) is 0 Å². The van der Waals surface area contributed by atoms with Gasteiger partial charge in [-0.15, -0.1) is 0 Å². The molecule has 0 bridgehead atoms. The second-order valence-corrected chi connectivity index (χ2v) is 9.22. The molecule has 32 heavy (non-hydrogen) atoms. The number of hydrogen-bond acceptors (Lipinski definition) is 7. The third-order valence-electron chi connectivity index (χ3n) is 5.17. The Morgan fingerprint density at radius 3 is 2.47 bits per heavy atom. The van der Waals surface area contributed by atoms with Crippen molar-refractivity contribution in [3.8, 4) is 0 Å². The van der Waals surface area contributed by atoms with Crippen LogP contribution in [0.25, 0.3) is 17.0 Å². The molecule has 10 heteroatoms. The van der Waals surface area contributed by atoms with Crippen LogP contribution < -0.4 is 5.43 Å². The van der Waals surface area contributed by atoms with E-state index in [9.17, 15) is 29.4 Å². The number of nitrogens with zero attached hydrogens (tertiary/aromatic N) is 1. The number of benzene rings is 1. The van der Waals surface area contributed by atoms with Crippen LogP contribution in [0.4, 0.5) is 0 Å². The van der Waals surface area contributed by atoms with Crippen molar-refractivity contribution in [2.24, 2.45) is 5.92 Å². The minimum atomic E-state index is -1.83. The van der Waals surface area contributed by atoms with Gasteiger partial charge in [0.1, 0.15) is 16.2 Å². The number of fused-ring (bicyclic) bond motifs is 1. The molecule has 1 amide bonds. The molecule has 1 aliphatic heterocycles. The van der Waals surface area contributed by atoms with E-state index in [1.165, 1.54) is 12.3 Å². The molecule has 2 N–H and O–H groups in total. The van der Waals surface area contributed by atoms with Crippen molar-refractivity contribution in [2.45, 2.75) is 39.7 Å². The summed E-state index contributed by atoms with van der Waals surface area (Å²) in [6.07, 6.45) is 3.20. The van der Waals surface area contributed by atoms with Gasteiger partial charge < -0.3 is 14.6 Å². The maximum absolute atomic E-state index is 13.1. The molecule has 1 aromatic heterocycles. The lowest BCUT2D eigenvalue weighted by Gasteiger charge is -2.29. The van der Waals surface area contributed by atoms with Crippen LogP contribution in [0.1, 0.15) is 36.5 Å². The van der Waals surface area contributed by atoms with Crippen molar-refractivity contribution in [1.29, 1.82) is 0 Å². The van der Waals surface area contributed by atoms with Gasteiger partial charge in [-0.1, -0.05) is 43.4 Å². The van der Waals surface area contributed by atoms with Gasteiger partial charge in [-0.25, -0.2) is 0 Å². The molecule has 2 heterocycles. The van der Waals surface area contributed by atoms with Crippen LogP contribution in [0.5, 0.6) is 0 Å². The summed E-state index contributed by atoms with van der Waals surface area (Å²) in [5.74, 6) is -5.55. The summed E-state index contributed by atoms with van der Waals surface area (Å²) in [6, 6.07) is 2.45. The largest absolute Gasteiger partial charge is 0.481 e. The lowest BCUT2D eigenvalue weighted by atomic mass is 9.94. The average Bonchev–Trinajstić information content (AvgIpc) is 2.96. The molecule has 1 atom stereocenters. The van der Waals surface area contributed by atoms with Gasteiger partial charge in [-0.3, -0.25) is 24.1 Å². The summed E-state index contributed by atoms with van der Waals surface area (Å²) in [5.41, 5.74) is 1.98. The van der Waals surface area contributed by atoms with Gasteiger partial charge in [0.2, 0.25) is 0 Å². The molecule has 3 rings (SSSR count). The predicted molar refractivity (Wildman–Crippen MR) is 124 cm³/mol.